The summed E-state index contributed by atoms with van der Waals surface area (Å²) in [7, 11) is 1.59. The number of ether oxygens (including phenoxy) is 1. The summed E-state index contributed by atoms with van der Waals surface area (Å²) in [6, 6.07) is 4.04. The first-order chi connectivity index (χ1) is 9.73. The van der Waals surface area contributed by atoms with E-state index in [0.717, 1.165) is 6.42 Å². The number of hydrogen-bond donors (Lipinski definition) is 0. The summed E-state index contributed by atoms with van der Waals surface area (Å²) in [6.45, 7) is 1.93. The van der Waals surface area contributed by atoms with Gasteiger partial charge in [-0.1, -0.05) is 24.9 Å². The monoisotopic (exact) mass is 355 g/mol. The van der Waals surface area contributed by atoms with Crippen molar-refractivity contribution in [1.29, 1.82) is 0 Å². The zero-order valence-electron chi connectivity index (χ0n) is 11.3. The van der Waals surface area contributed by atoms with E-state index in [1.165, 1.54) is 18.2 Å². The number of rotatable bonds is 8. The lowest BCUT2D eigenvalue weighted by atomic mass is 10.1. The number of halogens is 2. The summed E-state index contributed by atoms with van der Waals surface area (Å²) in [5.74, 6) is -0.505. The molecule has 0 spiro atoms. The number of nitrogens with zero attached hydrogens (tertiary/aromatic N) is 1. The molecule has 0 saturated carbocycles. The lowest BCUT2D eigenvalue weighted by molar-refractivity contribution is -0.385. The van der Waals surface area contributed by atoms with Crippen LogP contribution in [-0.4, -0.2) is 25.7 Å². The van der Waals surface area contributed by atoms with E-state index in [0.29, 0.717) is 6.42 Å². The molecule has 0 fully saturated rings. The predicted octanol–water partition coefficient (Wildman–Crippen LogP) is 3.61. The highest BCUT2D eigenvalue weighted by molar-refractivity contribution is 8.13. The number of hydrogen-bond acceptors (Lipinski definition) is 5. The topological polar surface area (TPSA) is 86.5 Å². The van der Waals surface area contributed by atoms with Gasteiger partial charge in [0, 0.05) is 27.7 Å². The fourth-order valence-corrected chi connectivity index (χ4v) is 3.39. The first kappa shape index (κ1) is 18.0. The van der Waals surface area contributed by atoms with Crippen LogP contribution in [0.3, 0.4) is 0 Å². The third-order valence-electron chi connectivity index (χ3n) is 2.72. The lowest BCUT2D eigenvalue weighted by Crippen LogP contribution is -2.20. The van der Waals surface area contributed by atoms with Gasteiger partial charge in [0.2, 0.25) is 9.05 Å². The van der Waals surface area contributed by atoms with Crippen molar-refractivity contribution in [1.82, 2.24) is 0 Å². The largest absolute Gasteiger partial charge is 0.486 e. The van der Waals surface area contributed by atoms with Gasteiger partial charge in [0.1, 0.15) is 0 Å². The van der Waals surface area contributed by atoms with Gasteiger partial charge in [-0.25, -0.2) is 8.42 Å². The van der Waals surface area contributed by atoms with Crippen LogP contribution in [0.4, 0.5) is 5.69 Å². The summed E-state index contributed by atoms with van der Waals surface area (Å²) in [4.78, 5) is 10.3. The normalized spacial score (nSPS) is 12.9. The Labute approximate surface area is 132 Å². The maximum Gasteiger partial charge on any atom is 0.312 e. The van der Waals surface area contributed by atoms with Gasteiger partial charge in [0.15, 0.2) is 5.75 Å². The number of nitro groups is 1. The van der Waals surface area contributed by atoms with Crippen LogP contribution in [0.25, 0.3) is 0 Å². The average Bonchev–Trinajstić information content (AvgIpc) is 2.35. The van der Waals surface area contributed by atoms with E-state index in [2.05, 4.69) is 0 Å². The van der Waals surface area contributed by atoms with Gasteiger partial charge < -0.3 is 4.74 Å². The molecular formula is C12H15Cl2NO5S. The van der Waals surface area contributed by atoms with Gasteiger partial charge in [-0.3, -0.25) is 10.1 Å². The van der Waals surface area contributed by atoms with E-state index < -0.39 is 14.0 Å². The number of benzene rings is 1. The Balaban J connectivity index is 2.82. The summed E-state index contributed by atoms with van der Waals surface area (Å²) < 4.78 is 27.7. The first-order valence-electron chi connectivity index (χ1n) is 6.22. The molecule has 0 N–H and O–H groups in total. The van der Waals surface area contributed by atoms with Crippen molar-refractivity contribution in [2.45, 2.75) is 19.8 Å². The van der Waals surface area contributed by atoms with Crippen LogP contribution in [0.5, 0.6) is 5.75 Å². The van der Waals surface area contributed by atoms with Crippen molar-refractivity contribution in [3.05, 3.63) is 33.3 Å². The SMILES string of the molecule is CCCC(COc1ccc(Cl)cc1[N+](=O)[O-])CS(=O)(=O)Cl. The molecule has 118 valence electrons. The van der Waals surface area contributed by atoms with E-state index >= 15 is 0 Å². The Kier molecular flexibility index (Phi) is 6.70. The Bertz CT molecular complexity index is 606. The van der Waals surface area contributed by atoms with Crippen molar-refractivity contribution < 1.29 is 18.1 Å². The Hall–Kier alpha value is -1.05. The van der Waals surface area contributed by atoms with E-state index in [1.54, 1.807) is 0 Å². The predicted molar refractivity (Wildman–Crippen MR) is 81.6 cm³/mol. The molecule has 9 heteroatoms. The zero-order chi connectivity index (χ0) is 16.0. The molecule has 0 aromatic heterocycles. The van der Waals surface area contributed by atoms with E-state index in [1.807, 2.05) is 6.92 Å². The quantitative estimate of drug-likeness (QED) is 0.403. The Morgan fingerprint density at radius 3 is 2.62 bits per heavy atom. The van der Waals surface area contributed by atoms with Gasteiger partial charge >= 0.3 is 5.69 Å². The fourth-order valence-electron chi connectivity index (χ4n) is 1.87. The van der Waals surface area contributed by atoms with Crippen LogP contribution in [0.2, 0.25) is 5.02 Å². The van der Waals surface area contributed by atoms with Crippen molar-refractivity contribution >= 4 is 37.0 Å². The molecule has 1 unspecified atom stereocenters. The highest BCUT2D eigenvalue weighted by Crippen LogP contribution is 2.30. The lowest BCUT2D eigenvalue weighted by Gasteiger charge is -2.15. The van der Waals surface area contributed by atoms with Gasteiger partial charge in [-0.15, -0.1) is 0 Å². The maximum atomic E-state index is 11.1. The van der Waals surface area contributed by atoms with Gasteiger partial charge in [-0.2, -0.15) is 0 Å². The summed E-state index contributed by atoms with van der Waals surface area (Å²) in [5, 5.41) is 11.1. The van der Waals surface area contributed by atoms with Crippen LogP contribution in [0, 0.1) is 16.0 Å². The fraction of sp³-hybridized carbons (Fsp3) is 0.500. The molecule has 0 amide bonds. The molecular weight excluding hydrogens is 341 g/mol. The third-order valence-corrected chi connectivity index (χ3v) is 4.21. The van der Waals surface area contributed by atoms with Crippen LogP contribution in [-0.2, 0) is 9.05 Å². The highest BCUT2D eigenvalue weighted by atomic mass is 35.7. The Morgan fingerprint density at radius 2 is 2.10 bits per heavy atom. The van der Waals surface area contributed by atoms with Gasteiger partial charge in [0.05, 0.1) is 17.3 Å². The van der Waals surface area contributed by atoms with Crippen LogP contribution < -0.4 is 4.74 Å². The third kappa shape index (κ3) is 6.50. The summed E-state index contributed by atoms with van der Waals surface area (Å²) in [5.41, 5.74) is -0.258. The minimum Gasteiger partial charge on any atom is -0.486 e. The maximum absolute atomic E-state index is 11.1. The molecule has 6 nitrogen and oxygen atoms in total. The molecule has 1 aromatic carbocycles. The van der Waals surface area contributed by atoms with Crippen LogP contribution in [0.15, 0.2) is 18.2 Å². The molecule has 1 rings (SSSR count). The molecule has 1 atom stereocenters. The smallest absolute Gasteiger partial charge is 0.312 e. The highest BCUT2D eigenvalue weighted by Gasteiger charge is 2.20. The van der Waals surface area contributed by atoms with Crippen LogP contribution >= 0.6 is 22.3 Å². The van der Waals surface area contributed by atoms with E-state index in [-0.39, 0.29) is 34.7 Å². The second-order valence-corrected chi connectivity index (χ2v) is 7.80. The van der Waals surface area contributed by atoms with Gasteiger partial charge in [0.25, 0.3) is 0 Å². The van der Waals surface area contributed by atoms with E-state index in [4.69, 9.17) is 27.0 Å². The minimum absolute atomic E-state index is 0.0300. The minimum atomic E-state index is -3.65. The van der Waals surface area contributed by atoms with Gasteiger partial charge in [-0.05, 0) is 18.6 Å². The summed E-state index contributed by atoms with van der Waals surface area (Å²) >= 11 is 5.70. The molecule has 0 aliphatic heterocycles. The van der Waals surface area contributed by atoms with E-state index in [9.17, 15) is 18.5 Å². The van der Waals surface area contributed by atoms with Crippen LogP contribution in [0.1, 0.15) is 19.8 Å². The standard InChI is InChI=1S/C12H15Cl2NO5S/c1-2-3-9(8-21(14,18)19)7-20-12-5-4-10(13)6-11(12)15(16)17/h4-6,9H,2-3,7-8H2,1H3. The molecule has 1 aromatic rings. The van der Waals surface area contributed by atoms with Crippen molar-refractivity contribution in [2.24, 2.45) is 5.92 Å². The second kappa shape index (κ2) is 7.82. The molecule has 21 heavy (non-hydrogen) atoms. The molecule has 0 bridgehead atoms. The molecule has 0 heterocycles. The second-order valence-electron chi connectivity index (χ2n) is 4.54. The Morgan fingerprint density at radius 1 is 1.43 bits per heavy atom. The van der Waals surface area contributed by atoms with Crippen molar-refractivity contribution in [3.63, 3.8) is 0 Å². The molecule has 0 radical (unpaired) electrons. The first-order valence-corrected chi connectivity index (χ1v) is 9.07. The average molecular weight is 356 g/mol. The molecule has 0 aliphatic carbocycles. The molecule has 0 saturated heterocycles. The van der Waals surface area contributed by atoms with Crippen molar-refractivity contribution in [2.75, 3.05) is 12.4 Å². The zero-order valence-corrected chi connectivity index (χ0v) is 13.6. The summed E-state index contributed by atoms with van der Waals surface area (Å²) in [6.07, 6.45) is 1.34. The van der Waals surface area contributed by atoms with Crippen molar-refractivity contribution in [3.8, 4) is 5.75 Å². The number of nitro benzene ring substituents is 1. The molecule has 0 aliphatic rings.